The predicted molar refractivity (Wildman–Crippen MR) is 58.8 cm³/mol. The van der Waals surface area contributed by atoms with Crippen molar-refractivity contribution < 1.29 is 23.1 Å². The van der Waals surface area contributed by atoms with Gasteiger partial charge in [-0.3, -0.25) is 0 Å². The van der Waals surface area contributed by atoms with Crippen molar-refractivity contribution in [2.75, 3.05) is 0 Å². The second-order valence-corrected chi connectivity index (χ2v) is 4.63. The predicted octanol–water partition coefficient (Wildman–Crippen LogP) is 3.77. The van der Waals surface area contributed by atoms with Crippen molar-refractivity contribution in [3.05, 3.63) is 31.3 Å². The summed E-state index contributed by atoms with van der Waals surface area (Å²) < 4.78 is 36.9. The Labute approximate surface area is 105 Å². The molecule has 0 saturated carbocycles. The van der Waals surface area contributed by atoms with Gasteiger partial charge in [0.15, 0.2) is 0 Å². The molecule has 0 aliphatic rings. The van der Waals surface area contributed by atoms with E-state index in [1.54, 1.807) is 22.6 Å². The van der Waals surface area contributed by atoms with Crippen molar-refractivity contribution in [2.45, 2.75) is 6.18 Å². The zero-order chi connectivity index (χ0) is 11.8. The number of benzene rings is 1. The molecule has 15 heavy (non-hydrogen) atoms. The molecule has 0 radical (unpaired) electrons. The molecule has 0 atom stereocenters. The van der Waals surface area contributed by atoms with Crippen LogP contribution in [0, 0.1) is 3.57 Å². The number of carboxylic acid groups (broad SMARTS) is 1. The second-order valence-electron chi connectivity index (χ2n) is 2.62. The maximum Gasteiger partial charge on any atom is 0.416 e. The van der Waals surface area contributed by atoms with Gasteiger partial charge in [-0.25, -0.2) is 4.79 Å². The fourth-order valence-electron chi connectivity index (χ4n) is 0.941. The molecule has 1 N–H and O–H groups in total. The molecule has 82 valence electrons. The molecule has 1 rings (SSSR count). The molecule has 7 heteroatoms. The molecule has 0 aliphatic carbocycles. The SMILES string of the molecule is O=C(O)c1c(Br)cc(C(F)(F)F)cc1I. The van der Waals surface area contributed by atoms with Crippen molar-refractivity contribution in [3.63, 3.8) is 0 Å². The number of carbonyl (C=O) groups is 1. The third kappa shape index (κ3) is 2.83. The van der Waals surface area contributed by atoms with Crippen molar-refractivity contribution >= 4 is 44.5 Å². The fraction of sp³-hybridized carbons (Fsp3) is 0.125. The quantitative estimate of drug-likeness (QED) is 0.736. The number of alkyl halides is 3. The summed E-state index contributed by atoms with van der Waals surface area (Å²) in [7, 11) is 0. The summed E-state index contributed by atoms with van der Waals surface area (Å²) in [6, 6.07) is 1.56. The van der Waals surface area contributed by atoms with Gasteiger partial charge in [-0.05, 0) is 50.7 Å². The number of aromatic carboxylic acids is 1. The monoisotopic (exact) mass is 394 g/mol. The Morgan fingerprint density at radius 1 is 1.40 bits per heavy atom. The third-order valence-corrected chi connectivity index (χ3v) is 3.06. The summed E-state index contributed by atoms with van der Waals surface area (Å²) in [6.45, 7) is 0. The van der Waals surface area contributed by atoms with Crippen LogP contribution in [0.5, 0.6) is 0 Å². The van der Waals surface area contributed by atoms with Gasteiger partial charge in [0, 0.05) is 8.04 Å². The van der Waals surface area contributed by atoms with Crippen LogP contribution < -0.4 is 0 Å². The van der Waals surface area contributed by atoms with Crippen LogP contribution in [0.4, 0.5) is 13.2 Å². The summed E-state index contributed by atoms with van der Waals surface area (Å²) >= 11 is 4.36. The first-order valence-corrected chi connectivity index (χ1v) is 5.40. The molecule has 0 fully saturated rings. The summed E-state index contributed by atoms with van der Waals surface area (Å²) in [5.74, 6) is -1.26. The van der Waals surface area contributed by atoms with Crippen LogP contribution in [0.25, 0.3) is 0 Å². The van der Waals surface area contributed by atoms with Crippen LogP contribution in [0.15, 0.2) is 16.6 Å². The van der Waals surface area contributed by atoms with Crippen LogP contribution in [-0.2, 0) is 6.18 Å². The van der Waals surface area contributed by atoms with E-state index in [4.69, 9.17) is 5.11 Å². The number of halogens is 5. The highest BCUT2D eigenvalue weighted by atomic mass is 127. The maximum atomic E-state index is 12.3. The first kappa shape index (κ1) is 12.8. The van der Waals surface area contributed by atoms with E-state index in [0.717, 1.165) is 12.1 Å². The Morgan fingerprint density at radius 3 is 2.27 bits per heavy atom. The minimum atomic E-state index is -4.47. The summed E-state index contributed by atoms with van der Waals surface area (Å²) in [6.07, 6.45) is -4.47. The van der Waals surface area contributed by atoms with Gasteiger partial charge in [-0.2, -0.15) is 13.2 Å². The Bertz CT molecular complexity index is 394. The smallest absolute Gasteiger partial charge is 0.416 e. The van der Waals surface area contributed by atoms with E-state index < -0.39 is 17.7 Å². The Balaban J connectivity index is 3.39. The van der Waals surface area contributed by atoms with E-state index in [2.05, 4.69) is 15.9 Å². The average Bonchev–Trinajstić information content (AvgIpc) is 1.99. The van der Waals surface area contributed by atoms with Gasteiger partial charge < -0.3 is 5.11 Å². The molecule has 0 heterocycles. The molecule has 0 amide bonds. The third-order valence-electron chi connectivity index (χ3n) is 1.58. The highest BCUT2D eigenvalue weighted by Crippen LogP contribution is 2.34. The number of hydrogen-bond donors (Lipinski definition) is 1. The van der Waals surface area contributed by atoms with Crippen LogP contribution in [0.2, 0.25) is 0 Å². The van der Waals surface area contributed by atoms with E-state index in [0.29, 0.717) is 0 Å². The maximum absolute atomic E-state index is 12.3. The minimum Gasteiger partial charge on any atom is -0.478 e. The van der Waals surface area contributed by atoms with Gasteiger partial charge in [0.25, 0.3) is 0 Å². The highest BCUT2D eigenvalue weighted by Gasteiger charge is 2.32. The summed E-state index contributed by atoms with van der Waals surface area (Å²) in [5.41, 5.74) is -1.03. The first-order chi connectivity index (χ1) is 6.73. The molecule has 0 saturated heterocycles. The summed E-state index contributed by atoms with van der Waals surface area (Å²) in [5, 5.41) is 8.72. The van der Waals surface area contributed by atoms with Crippen molar-refractivity contribution in [1.82, 2.24) is 0 Å². The normalized spacial score (nSPS) is 11.5. The Hall–Kier alpha value is -0.310. The van der Waals surface area contributed by atoms with Crippen LogP contribution in [0.1, 0.15) is 15.9 Å². The topological polar surface area (TPSA) is 37.3 Å². The lowest BCUT2D eigenvalue weighted by Crippen LogP contribution is -2.09. The van der Waals surface area contributed by atoms with Crippen molar-refractivity contribution in [2.24, 2.45) is 0 Å². The van der Waals surface area contributed by atoms with Gasteiger partial charge >= 0.3 is 12.1 Å². The first-order valence-electron chi connectivity index (χ1n) is 3.53. The lowest BCUT2D eigenvalue weighted by molar-refractivity contribution is -0.137. The molecular formula is C8H3BrF3IO2. The van der Waals surface area contributed by atoms with Crippen LogP contribution >= 0.6 is 38.5 Å². The van der Waals surface area contributed by atoms with E-state index in [9.17, 15) is 18.0 Å². The van der Waals surface area contributed by atoms with Gasteiger partial charge in [-0.15, -0.1) is 0 Å². The van der Waals surface area contributed by atoms with Crippen molar-refractivity contribution in [1.29, 1.82) is 0 Å². The van der Waals surface area contributed by atoms with E-state index in [1.165, 1.54) is 0 Å². The van der Waals surface area contributed by atoms with Gasteiger partial charge in [0.2, 0.25) is 0 Å². The fourth-order valence-corrected chi connectivity index (χ4v) is 2.80. The number of hydrogen-bond acceptors (Lipinski definition) is 1. The zero-order valence-electron chi connectivity index (χ0n) is 6.90. The lowest BCUT2D eigenvalue weighted by Gasteiger charge is -2.10. The van der Waals surface area contributed by atoms with E-state index in [1.807, 2.05) is 0 Å². The van der Waals surface area contributed by atoms with E-state index >= 15 is 0 Å². The molecule has 0 aromatic heterocycles. The minimum absolute atomic E-state index is 0.0433. The van der Waals surface area contributed by atoms with Gasteiger partial charge in [-0.1, -0.05) is 0 Å². The Kier molecular flexibility index (Phi) is 3.64. The largest absolute Gasteiger partial charge is 0.478 e. The molecule has 0 spiro atoms. The molecule has 0 aliphatic heterocycles. The molecule has 1 aromatic rings. The van der Waals surface area contributed by atoms with Gasteiger partial charge in [0.05, 0.1) is 11.1 Å². The van der Waals surface area contributed by atoms with Crippen molar-refractivity contribution in [3.8, 4) is 0 Å². The highest BCUT2D eigenvalue weighted by molar-refractivity contribution is 14.1. The van der Waals surface area contributed by atoms with Gasteiger partial charge in [0.1, 0.15) is 0 Å². The van der Waals surface area contributed by atoms with E-state index in [-0.39, 0.29) is 13.6 Å². The molecule has 1 aromatic carbocycles. The van der Waals surface area contributed by atoms with Crippen LogP contribution in [-0.4, -0.2) is 11.1 Å². The number of rotatable bonds is 1. The lowest BCUT2D eigenvalue weighted by atomic mass is 10.1. The summed E-state index contributed by atoms with van der Waals surface area (Å²) in [4.78, 5) is 10.7. The standard InChI is InChI=1S/C8H3BrF3IO2/c9-4-1-3(8(10,11)12)2-5(13)6(4)7(14)15/h1-2H,(H,14,15). The molecular weight excluding hydrogens is 392 g/mol. The van der Waals surface area contributed by atoms with Crippen LogP contribution in [0.3, 0.4) is 0 Å². The molecule has 2 nitrogen and oxygen atoms in total. The average molecular weight is 395 g/mol. The zero-order valence-corrected chi connectivity index (χ0v) is 10.6. The second kappa shape index (κ2) is 4.28. The molecule has 0 unspecified atom stereocenters. The number of carboxylic acids is 1. The molecule has 0 bridgehead atoms. The Morgan fingerprint density at radius 2 is 1.93 bits per heavy atom.